The van der Waals surface area contributed by atoms with Crippen molar-refractivity contribution in [2.24, 2.45) is 0 Å². The first-order valence-corrected chi connectivity index (χ1v) is 9.77. The zero-order chi connectivity index (χ0) is 19.6. The van der Waals surface area contributed by atoms with Crippen LogP contribution in [0.2, 0.25) is 5.02 Å². The average Bonchev–Trinajstić information content (AvgIpc) is 3.18. The smallest absolute Gasteiger partial charge is 0.0951 e. The van der Waals surface area contributed by atoms with Gasteiger partial charge in [-0.3, -0.25) is 4.68 Å². The molecule has 0 unspecified atom stereocenters. The van der Waals surface area contributed by atoms with Crippen molar-refractivity contribution in [2.75, 3.05) is 14.1 Å². The van der Waals surface area contributed by atoms with Gasteiger partial charge in [-0.1, -0.05) is 36.7 Å². The van der Waals surface area contributed by atoms with Gasteiger partial charge in [0.05, 0.1) is 30.0 Å². The van der Waals surface area contributed by atoms with Crippen LogP contribution in [-0.2, 0) is 13.1 Å². The average molecular weight is 386 g/mol. The Hall–Kier alpha value is -2.11. The molecule has 3 aromatic rings. The molecule has 0 saturated heterocycles. The molecule has 0 N–H and O–H groups in total. The van der Waals surface area contributed by atoms with Crippen LogP contribution in [0.4, 0.5) is 0 Å². The highest BCUT2D eigenvalue weighted by molar-refractivity contribution is 6.31. The third-order valence-electron chi connectivity index (χ3n) is 5.04. The molecule has 0 spiro atoms. The summed E-state index contributed by atoms with van der Waals surface area (Å²) in [5, 5.41) is 5.52. The number of hydrogen-bond acceptors (Lipinski definition) is 3. The van der Waals surface area contributed by atoms with Gasteiger partial charge in [0.2, 0.25) is 0 Å². The van der Waals surface area contributed by atoms with Crippen LogP contribution in [0.3, 0.4) is 0 Å². The van der Waals surface area contributed by atoms with Gasteiger partial charge in [-0.05, 0) is 46.0 Å². The van der Waals surface area contributed by atoms with Crippen LogP contribution >= 0.6 is 11.6 Å². The molecule has 0 bridgehead atoms. The maximum Gasteiger partial charge on any atom is 0.0951 e. The van der Waals surface area contributed by atoms with Gasteiger partial charge < -0.3 is 9.47 Å². The van der Waals surface area contributed by atoms with E-state index in [2.05, 4.69) is 60.1 Å². The van der Waals surface area contributed by atoms with Crippen molar-refractivity contribution in [3.05, 3.63) is 58.8 Å². The van der Waals surface area contributed by atoms with Crippen molar-refractivity contribution in [2.45, 2.75) is 46.3 Å². The molecule has 2 heterocycles. The van der Waals surface area contributed by atoms with Crippen LogP contribution < -0.4 is 0 Å². The first-order valence-electron chi connectivity index (χ1n) is 9.39. The minimum Gasteiger partial charge on any atom is -0.329 e. The van der Waals surface area contributed by atoms with Crippen molar-refractivity contribution in [3.63, 3.8) is 0 Å². The number of imidazole rings is 1. The molecule has 0 radical (unpaired) electrons. The fraction of sp³-hybridized carbons (Fsp3) is 0.429. The van der Waals surface area contributed by atoms with Gasteiger partial charge in [0.15, 0.2) is 0 Å². The first kappa shape index (κ1) is 19.6. The van der Waals surface area contributed by atoms with Crippen LogP contribution in [0.25, 0.3) is 11.3 Å². The lowest BCUT2D eigenvalue weighted by molar-refractivity contribution is 0.269. The van der Waals surface area contributed by atoms with E-state index in [4.69, 9.17) is 16.7 Å². The van der Waals surface area contributed by atoms with Gasteiger partial charge in [0, 0.05) is 29.4 Å². The zero-order valence-corrected chi connectivity index (χ0v) is 17.5. The summed E-state index contributed by atoms with van der Waals surface area (Å²) in [7, 11) is 4.17. The lowest BCUT2D eigenvalue weighted by atomic mass is 10.0. The third kappa shape index (κ3) is 3.94. The fourth-order valence-corrected chi connectivity index (χ4v) is 3.90. The van der Waals surface area contributed by atoms with E-state index in [-0.39, 0.29) is 6.04 Å². The summed E-state index contributed by atoms with van der Waals surface area (Å²) in [5.41, 5.74) is 5.64. The largest absolute Gasteiger partial charge is 0.329 e. The number of hydrogen-bond donors (Lipinski definition) is 0. The van der Waals surface area contributed by atoms with Gasteiger partial charge in [0.25, 0.3) is 0 Å². The highest BCUT2D eigenvalue weighted by Crippen LogP contribution is 2.31. The molecule has 1 atom stereocenters. The van der Waals surface area contributed by atoms with E-state index in [1.807, 2.05) is 30.7 Å². The van der Waals surface area contributed by atoms with Gasteiger partial charge >= 0.3 is 0 Å². The summed E-state index contributed by atoms with van der Waals surface area (Å²) in [4.78, 5) is 6.64. The Morgan fingerprint density at radius 3 is 2.59 bits per heavy atom. The molecule has 144 valence electrons. The maximum absolute atomic E-state index is 6.48. The molecule has 0 aliphatic rings. The quantitative estimate of drug-likeness (QED) is 0.590. The molecule has 0 fully saturated rings. The summed E-state index contributed by atoms with van der Waals surface area (Å²) in [6.07, 6.45) is 4.90. The maximum atomic E-state index is 6.48. The van der Waals surface area contributed by atoms with Gasteiger partial charge in [-0.25, -0.2) is 4.98 Å². The van der Waals surface area contributed by atoms with Crippen molar-refractivity contribution in [1.82, 2.24) is 24.2 Å². The Morgan fingerprint density at radius 2 is 1.93 bits per heavy atom. The second-order valence-corrected chi connectivity index (χ2v) is 7.61. The predicted octanol–water partition coefficient (Wildman–Crippen LogP) is 4.73. The SMILES string of the molecule is CCCn1nc(C)c(-c2cncn2C[C@@H](c2ccccc2Cl)N(C)C)c1C. The van der Waals surface area contributed by atoms with Crippen molar-refractivity contribution >= 4 is 11.6 Å². The number of benzene rings is 1. The highest BCUT2D eigenvalue weighted by Gasteiger charge is 2.21. The van der Waals surface area contributed by atoms with E-state index in [0.29, 0.717) is 0 Å². The fourth-order valence-electron chi connectivity index (χ4n) is 3.64. The summed E-state index contributed by atoms with van der Waals surface area (Å²) in [6.45, 7) is 8.08. The molecular weight excluding hydrogens is 358 g/mol. The van der Waals surface area contributed by atoms with Crippen LogP contribution in [-0.4, -0.2) is 38.3 Å². The van der Waals surface area contributed by atoms with Crippen LogP contribution in [0.1, 0.15) is 36.3 Å². The molecule has 0 aliphatic carbocycles. The van der Waals surface area contributed by atoms with E-state index >= 15 is 0 Å². The Morgan fingerprint density at radius 1 is 1.19 bits per heavy atom. The van der Waals surface area contributed by atoms with Gasteiger partial charge in [0.1, 0.15) is 0 Å². The standard InChI is InChI=1S/C21H28ClN5/c1-6-11-27-16(3)21(15(2)24-27)19-12-23-14-26(19)13-20(25(4)5)17-9-7-8-10-18(17)22/h7-10,12,14,20H,6,11,13H2,1-5H3/t20-/m0/s1. The molecule has 1 aromatic carbocycles. The normalized spacial score (nSPS) is 12.7. The van der Waals surface area contributed by atoms with E-state index in [1.54, 1.807) is 0 Å². The summed E-state index contributed by atoms with van der Waals surface area (Å²) in [6, 6.07) is 8.20. The monoisotopic (exact) mass is 385 g/mol. The van der Waals surface area contributed by atoms with Gasteiger partial charge in [-0.15, -0.1) is 0 Å². The predicted molar refractivity (Wildman–Crippen MR) is 111 cm³/mol. The molecule has 0 amide bonds. The Kier molecular flexibility index (Phi) is 6.02. The second-order valence-electron chi connectivity index (χ2n) is 7.20. The first-order chi connectivity index (χ1) is 12.9. The molecule has 0 aliphatic heterocycles. The number of rotatable bonds is 7. The van der Waals surface area contributed by atoms with Crippen LogP contribution in [0, 0.1) is 13.8 Å². The lowest BCUT2D eigenvalue weighted by Gasteiger charge is -2.27. The van der Waals surface area contributed by atoms with Crippen molar-refractivity contribution < 1.29 is 0 Å². The van der Waals surface area contributed by atoms with E-state index < -0.39 is 0 Å². The van der Waals surface area contributed by atoms with Crippen LogP contribution in [0.5, 0.6) is 0 Å². The van der Waals surface area contributed by atoms with Crippen molar-refractivity contribution in [3.8, 4) is 11.3 Å². The molecule has 3 rings (SSSR count). The Balaban J connectivity index is 1.99. The molecule has 6 heteroatoms. The Labute approximate surface area is 166 Å². The lowest BCUT2D eigenvalue weighted by Crippen LogP contribution is -2.25. The minimum absolute atomic E-state index is 0.151. The molecule has 5 nitrogen and oxygen atoms in total. The number of likely N-dealkylation sites (N-methyl/N-ethyl adjacent to an activating group) is 1. The van der Waals surface area contributed by atoms with Crippen LogP contribution in [0.15, 0.2) is 36.8 Å². The van der Waals surface area contributed by atoms with E-state index in [1.165, 1.54) is 11.3 Å². The molecular formula is C21H28ClN5. The van der Waals surface area contributed by atoms with E-state index in [0.717, 1.165) is 41.5 Å². The number of aryl methyl sites for hydroxylation is 2. The number of halogens is 1. The highest BCUT2D eigenvalue weighted by atomic mass is 35.5. The minimum atomic E-state index is 0.151. The second kappa shape index (κ2) is 8.28. The topological polar surface area (TPSA) is 38.9 Å². The summed E-state index contributed by atoms with van der Waals surface area (Å²) >= 11 is 6.48. The third-order valence-corrected chi connectivity index (χ3v) is 5.39. The molecule has 0 saturated carbocycles. The number of aromatic nitrogens is 4. The van der Waals surface area contributed by atoms with Gasteiger partial charge in [-0.2, -0.15) is 5.10 Å². The Bertz CT molecular complexity index is 909. The van der Waals surface area contributed by atoms with E-state index in [9.17, 15) is 0 Å². The molecule has 2 aromatic heterocycles. The zero-order valence-electron chi connectivity index (χ0n) is 16.8. The summed E-state index contributed by atoms with van der Waals surface area (Å²) in [5.74, 6) is 0. The van der Waals surface area contributed by atoms with Crippen molar-refractivity contribution in [1.29, 1.82) is 0 Å². The molecule has 27 heavy (non-hydrogen) atoms. The number of nitrogens with zero attached hydrogens (tertiary/aromatic N) is 5. The summed E-state index contributed by atoms with van der Waals surface area (Å²) < 4.78 is 4.31.